The third-order valence-electron chi connectivity index (χ3n) is 2.98. The number of benzene rings is 2. The van der Waals surface area contributed by atoms with Crippen LogP contribution >= 0.6 is 0 Å². The maximum atomic E-state index is 7.08. The molecule has 0 radical (unpaired) electrons. The van der Waals surface area contributed by atoms with Crippen LogP contribution in [0.2, 0.25) is 0 Å². The molecule has 2 aromatic rings. The minimum absolute atomic E-state index is 0.700. The third-order valence-corrected chi connectivity index (χ3v) is 2.98. The highest BCUT2D eigenvalue weighted by molar-refractivity contribution is 5.69. The molecular formula is C17H17N. The van der Waals surface area contributed by atoms with Crippen molar-refractivity contribution in [1.29, 1.82) is 0 Å². The Morgan fingerprint density at radius 1 is 1.06 bits per heavy atom. The van der Waals surface area contributed by atoms with Gasteiger partial charge in [0.15, 0.2) is 5.69 Å². The van der Waals surface area contributed by atoms with E-state index in [1.165, 1.54) is 16.7 Å². The molecule has 0 saturated carbocycles. The molecule has 0 heterocycles. The smallest absolute Gasteiger partial charge is 0.187 e. The molecule has 1 heteroatoms. The van der Waals surface area contributed by atoms with E-state index in [9.17, 15) is 0 Å². The Morgan fingerprint density at radius 3 is 2.61 bits per heavy atom. The van der Waals surface area contributed by atoms with Crippen molar-refractivity contribution >= 4 is 5.69 Å². The van der Waals surface area contributed by atoms with Gasteiger partial charge in [-0.15, -0.1) is 0 Å². The number of hydrogen-bond acceptors (Lipinski definition) is 0. The number of aryl methyl sites for hydroxylation is 2. The van der Waals surface area contributed by atoms with E-state index in [0.717, 1.165) is 18.4 Å². The van der Waals surface area contributed by atoms with E-state index in [1.54, 1.807) is 0 Å². The van der Waals surface area contributed by atoms with Crippen molar-refractivity contribution in [2.24, 2.45) is 0 Å². The van der Waals surface area contributed by atoms with Crippen LogP contribution in [0.3, 0.4) is 0 Å². The molecule has 0 bridgehead atoms. The van der Waals surface area contributed by atoms with Gasteiger partial charge in [-0.05, 0) is 36.1 Å². The molecule has 18 heavy (non-hydrogen) atoms. The van der Waals surface area contributed by atoms with E-state index in [4.69, 9.17) is 6.57 Å². The van der Waals surface area contributed by atoms with Gasteiger partial charge in [0.25, 0.3) is 0 Å². The molecule has 2 rings (SSSR count). The molecule has 0 saturated heterocycles. The highest BCUT2D eigenvalue weighted by Gasteiger charge is 2.02. The summed E-state index contributed by atoms with van der Waals surface area (Å²) in [4.78, 5) is 3.49. The molecule has 0 aromatic heterocycles. The van der Waals surface area contributed by atoms with Crippen LogP contribution in [0.25, 0.3) is 16.0 Å². The normalized spacial score (nSPS) is 10.1. The second kappa shape index (κ2) is 5.51. The van der Waals surface area contributed by atoms with Gasteiger partial charge in [0.1, 0.15) is 0 Å². The predicted octanol–water partition coefficient (Wildman–Crippen LogP) is 5.17. The van der Waals surface area contributed by atoms with Crippen LogP contribution in [0.4, 0.5) is 5.69 Å². The van der Waals surface area contributed by atoms with Crippen molar-refractivity contribution in [3.8, 4) is 11.1 Å². The Morgan fingerprint density at radius 2 is 1.89 bits per heavy atom. The summed E-state index contributed by atoms with van der Waals surface area (Å²) in [5, 5.41) is 0. The Hall–Kier alpha value is -2.07. The Balaban J connectivity index is 2.46. The number of nitrogens with zero attached hydrogens (tertiary/aromatic N) is 1. The molecular weight excluding hydrogens is 218 g/mol. The van der Waals surface area contributed by atoms with Crippen LogP contribution in [0.5, 0.6) is 0 Å². The zero-order chi connectivity index (χ0) is 13.0. The molecule has 0 unspecified atom stereocenters. The lowest BCUT2D eigenvalue weighted by molar-refractivity contribution is 0.920. The summed E-state index contributed by atoms with van der Waals surface area (Å²) in [6.07, 6.45) is 2.27. The van der Waals surface area contributed by atoms with Gasteiger partial charge >= 0.3 is 0 Å². The van der Waals surface area contributed by atoms with Gasteiger partial charge in [0.05, 0.1) is 6.57 Å². The van der Waals surface area contributed by atoms with E-state index in [-0.39, 0.29) is 0 Å². The van der Waals surface area contributed by atoms with Crippen LogP contribution in [-0.2, 0) is 6.42 Å². The van der Waals surface area contributed by atoms with Crippen molar-refractivity contribution in [3.05, 3.63) is 65.0 Å². The molecule has 0 fully saturated rings. The van der Waals surface area contributed by atoms with Gasteiger partial charge < -0.3 is 0 Å². The van der Waals surface area contributed by atoms with Gasteiger partial charge in [0, 0.05) is 0 Å². The summed E-state index contributed by atoms with van der Waals surface area (Å²) in [6.45, 7) is 11.4. The van der Waals surface area contributed by atoms with Crippen LogP contribution in [0.15, 0.2) is 42.5 Å². The average Bonchev–Trinajstić information content (AvgIpc) is 2.38. The molecule has 0 atom stereocenters. The highest BCUT2D eigenvalue weighted by Crippen LogP contribution is 2.26. The lowest BCUT2D eigenvalue weighted by atomic mass is 9.98. The summed E-state index contributed by atoms with van der Waals surface area (Å²) < 4.78 is 0. The predicted molar refractivity (Wildman–Crippen MR) is 76.9 cm³/mol. The van der Waals surface area contributed by atoms with Crippen molar-refractivity contribution in [2.45, 2.75) is 26.7 Å². The fourth-order valence-corrected chi connectivity index (χ4v) is 2.22. The van der Waals surface area contributed by atoms with Crippen molar-refractivity contribution in [1.82, 2.24) is 0 Å². The van der Waals surface area contributed by atoms with Crippen LogP contribution in [0, 0.1) is 13.5 Å². The second-order valence-electron chi connectivity index (χ2n) is 4.62. The molecule has 0 N–H and O–H groups in total. The van der Waals surface area contributed by atoms with Gasteiger partial charge in [-0.3, -0.25) is 0 Å². The largest absolute Gasteiger partial charge is 0.238 e. The standard InChI is InChI=1S/C17H17N/c1-4-6-14-9-13(2)10-16(11-14)15-7-5-8-17(12-15)18-3/h5,7-12H,4,6H2,1-2H3. The quantitative estimate of drug-likeness (QED) is 0.647. The molecule has 0 spiro atoms. The Kier molecular flexibility index (Phi) is 3.79. The summed E-state index contributed by atoms with van der Waals surface area (Å²) in [6, 6.07) is 14.5. The van der Waals surface area contributed by atoms with Gasteiger partial charge in [-0.2, -0.15) is 0 Å². The maximum absolute atomic E-state index is 7.08. The van der Waals surface area contributed by atoms with Gasteiger partial charge in [-0.25, -0.2) is 4.85 Å². The minimum atomic E-state index is 0.700. The van der Waals surface area contributed by atoms with Crippen molar-refractivity contribution in [3.63, 3.8) is 0 Å². The first-order chi connectivity index (χ1) is 8.72. The molecule has 0 amide bonds. The number of rotatable bonds is 3. The summed E-state index contributed by atoms with van der Waals surface area (Å²) >= 11 is 0. The summed E-state index contributed by atoms with van der Waals surface area (Å²) in [7, 11) is 0. The molecule has 1 nitrogen and oxygen atoms in total. The molecule has 0 aliphatic rings. The first-order valence-corrected chi connectivity index (χ1v) is 6.31. The highest BCUT2D eigenvalue weighted by atomic mass is 14.6. The van der Waals surface area contributed by atoms with Crippen LogP contribution in [0.1, 0.15) is 24.5 Å². The van der Waals surface area contributed by atoms with Crippen molar-refractivity contribution in [2.75, 3.05) is 0 Å². The zero-order valence-electron chi connectivity index (χ0n) is 10.9. The van der Waals surface area contributed by atoms with Gasteiger partial charge in [-0.1, -0.05) is 55.3 Å². The second-order valence-corrected chi connectivity index (χ2v) is 4.62. The Labute approximate surface area is 109 Å². The van der Waals surface area contributed by atoms with Crippen molar-refractivity contribution < 1.29 is 0 Å². The average molecular weight is 235 g/mol. The SMILES string of the molecule is [C-]#[N+]c1cccc(-c2cc(C)cc(CCC)c2)c1. The van der Waals surface area contributed by atoms with Gasteiger partial charge in [0.2, 0.25) is 0 Å². The third kappa shape index (κ3) is 2.78. The summed E-state index contributed by atoms with van der Waals surface area (Å²) in [5.41, 5.74) is 5.70. The van der Waals surface area contributed by atoms with E-state index in [2.05, 4.69) is 43.0 Å². The van der Waals surface area contributed by atoms with E-state index >= 15 is 0 Å². The van der Waals surface area contributed by atoms with E-state index in [1.807, 2.05) is 18.2 Å². The van der Waals surface area contributed by atoms with Crippen LogP contribution in [-0.4, -0.2) is 0 Å². The van der Waals surface area contributed by atoms with E-state index in [0.29, 0.717) is 5.69 Å². The van der Waals surface area contributed by atoms with Crippen LogP contribution < -0.4 is 0 Å². The maximum Gasteiger partial charge on any atom is 0.187 e. The lowest BCUT2D eigenvalue weighted by Crippen LogP contribution is -1.87. The van der Waals surface area contributed by atoms with E-state index < -0.39 is 0 Å². The summed E-state index contributed by atoms with van der Waals surface area (Å²) in [5.74, 6) is 0. The number of hydrogen-bond donors (Lipinski definition) is 0. The fourth-order valence-electron chi connectivity index (χ4n) is 2.22. The molecule has 0 aliphatic carbocycles. The minimum Gasteiger partial charge on any atom is -0.238 e. The fraction of sp³-hybridized carbons (Fsp3) is 0.235. The molecule has 0 aliphatic heterocycles. The molecule has 90 valence electrons. The topological polar surface area (TPSA) is 4.36 Å². The first-order valence-electron chi connectivity index (χ1n) is 6.31. The zero-order valence-corrected chi connectivity index (χ0v) is 10.9. The monoisotopic (exact) mass is 235 g/mol. The molecule has 2 aromatic carbocycles. The first kappa shape index (κ1) is 12.4. The lowest BCUT2D eigenvalue weighted by Gasteiger charge is -2.08. The Bertz CT molecular complexity index is 591.